The van der Waals surface area contributed by atoms with Crippen molar-refractivity contribution < 1.29 is 18.0 Å². The van der Waals surface area contributed by atoms with E-state index in [1.54, 1.807) is 20.9 Å². The first kappa shape index (κ1) is 19.9. The van der Waals surface area contributed by atoms with Gasteiger partial charge >= 0.3 is 0 Å². The normalized spacial score (nSPS) is 20.5. The number of nitrogens with zero attached hydrogens (tertiary/aromatic N) is 2. The maximum Gasteiger partial charge on any atom is 0.237 e. The van der Waals surface area contributed by atoms with E-state index >= 15 is 0 Å². The van der Waals surface area contributed by atoms with Gasteiger partial charge in [0.05, 0.1) is 11.5 Å². The molecule has 1 rings (SSSR count). The van der Waals surface area contributed by atoms with E-state index in [-0.39, 0.29) is 29.4 Å². The van der Waals surface area contributed by atoms with Crippen LogP contribution in [0.15, 0.2) is 0 Å². The first-order chi connectivity index (χ1) is 10.5. The Morgan fingerprint density at radius 2 is 1.83 bits per heavy atom. The predicted octanol–water partition coefficient (Wildman–Crippen LogP) is -0.274. The standard InChI is InChI=1S/C15H29N3O4S/c1-15(2,13(19)16-8-6-9-17(3)4)14(20)18(5)12-7-10-23(21,22)11-12/h12H,6-11H2,1-5H3,(H,16,19). The van der Waals surface area contributed by atoms with E-state index in [0.717, 1.165) is 13.0 Å². The van der Waals surface area contributed by atoms with Crippen LogP contribution in [0.1, 0.15) is 26.7 Å². The number of nitrogens with one attached hydrogen (secondary N) is 1. The van der Waals surface area contributed by atoms with Gasteiger partial charge in [0.25, 0.3) is 0 Å². The van der Waals surface area contributed by atoms with Crippen LogP contribution in [-0.2, 0) is 19.4 Å². The molecule has 1 aliphatic heterocycles. The zero-order valence-corrected chi connectivity index (χ0v) is 15.6. The fourth-order valence-corrected chi connectivity index (χ4v) is 4.38. The minimum Gasteiger partial charge on any atom is -0.355 e. The minimum atomic E-state index is -3.06. The summed E-state index contributed by atoms with van der Waals surface area (Å²) in [5.74, 6) is -0.582. The Hall–Kier alpha value is -1.15. The van der Waals surface area contributed by atoms with Gasteiger partial charge in [-0.1, -0.05) is 0 Å². The third-order valence-electron chi connectivity index (χ3n) is 4.25. The number of sulfone groups is 1. The van der Waals surface area contributed by atoms with Gasteiger partial charge in [0.2, 0.25) is 11.8 Å². The van der Waals surface area contributed by atoms with Crippen molar-refractivity contribution in [3.63, 3.8) is 0 Å². The second-order valence-corrected chi connectivity index (χ2v) is 9.24. The van der Waals surface area contributed by atoms with Crippen LogP contribution in [0.4, 0.5) is 0 Å². The van der Waals surface area contributed by atoms with Crippen molar-refractivity contribution in [1.29, 1.82) is 0 Å². The van der Waals surface area contributed by atoms with Crippen LogP contribution in [0.3, 0.4) is 0 Å². The summed E-state index contributed by atoms with van der Waals surface area (Å²) in [6.07, 6.45) is 1.24. The molecule has 23 heavy (non-hydrogen) atoms. The SMILES string of the molecule is CN(C)CCCNC(=O)C(C)(C)C(=O)N(C)C1CCS(=O)(=O)C1. The Morgan fingerprint density at radius 3 is 2.30 bits per heavy atom. The average molecular weight is 347 g/mol. The molecule has 0 aromatic heterocycles. The number of carbonyl (C=O) groups excluding carboxylic acids is 2. The first-order valence-electron chi connectivity index (χ1n) is 7.88. The third kappa shape index (κ3) is 5.46. The molecule has 1 unspecified atom stereocenters. The number of hydrogen-bond donors (Lipinski definition) is 1. The van der Waals surface area contributed by atoms with Crippen LogP contribution >= 0.6 is 0 Å². The van der Waals surface area contributed by atoms with Crippen LogP contribution < -0.4 is 5.32 Å². The lowest BCUT2D eigenvalue weighted by atomic mass is 9.89. The molecule has 0 aliphatic carbocycles. The summed E-state index contributed by atoms with van der Waals surface area (Å²) in [7, 11) is 2.43. The fraction of sp³-hybridized carbons (Fsp3) is 0.867. The molecule has 1 aliphatic rings. The molecular formula is C15H29N3O4S. The second kappa shape index (κ2) is 7.61. The van der Waals surface area contributed by atoms with Gasteiger partial charge in [0.1, 0.15) is 5.41 Å². The van der Waals surface area contributed by atoms with E-state index in [4.69, 9.17) is 0 Å². The zero-order chi connectivity index (χ0) is 17.8. The van der Waals surface area contributed by atoms with Crippen LogP contribution in [0.5, 0.6) is 0 Å². The first-order valence-corrected chi connectivity index (χ1v) is 9.70. The fourth-order valence-electron chi connectivity index (χ4n) is 2.60. The highest BCUT2D eigenvalue weighted by atomic mass is 32.2. The Kier molecular flexibility index (Phi) is 6.59. The Bertz CT molecular complexity index is 543. The summed E-state index contributed by atoms with van der Waals surface area (Å²) in [5, 5.41) is 2.79. The number of rotatable bonds is 7. The predicted molar refractivity (Wildman–Crippen MR) is 89.8 cm³/mol. The largest absolute Gasteiger partial charge is 0.355 e. The van der Waals surface area contributed by atoms with Crippen molar-refractivity contribution in [3.05, 3.63) is 0 Å². The molecule has 1 N–H and O–H groups in total. The van der Waals surface area contributed by atoms with Gasteiger partial charge < -0.3 is 15.1 Å². The lowest BCUT2D eigenvalue weighted by Crippen LogP contribution is -2.51. The Labute approximate surface area is 139 Å². The molecule has 1 atom stereocenters. The van der Waals surface area contributed by atoms with Crippen molar-refractivity contribution in [2.24, 2.45) is 5.41 Å². The summed E-state index contributed by atoms with van der Waals surface area (Å²) >= 11 is 0. The minimum absolute atomic E-state index is 0.0181. The van der Waals surface area contributed by atoms with Crippen molar-refractivity contribution in [3.8, 4) is 0 Å². The van der Waals surface area contributed by atoms with Crippen molar-refractivity contribution >= 4 is 21.7 Å². The lowest BCUT2D eigenvalue weighted by Gasteiger charge is -2.31. The number of amides is 2. The lowest BCUT2D eigenvalue weighted by molar-refractivity contribution is -0.148. The van der Waals surface area contributed by atoms with Crippen LogP contribution in [0.2, 0.25) is 0 Å². The van der Waals surface area contributed by atoms with E-state index < -0.39 is 15.3 Å². The van der Waals surface area contributed by atoms with Gasteiger partial charge in [-0.15, -0.1) is 0 Å². The molecule has 2 amide bonds. The summed E-state index contributed by atoms with van der Waals surface area (Å²) in [6, 6.07) is -0.340. The van der Waals surface area contributed by atoms with E-state index in [0.29, 0.717) is 13.0 Å². The van der Waals surface area contributed by atoms with Gasteiger partial charge in [0, 0.05) is 19.6 Å². The highest BCUT2D eigenvalue weighted by Gasteiger charge is 2.42. The van der Waals surface area contributed by atoms with Crippen LogP contribution in [-0.4, -0.2) is 81.8 Å². The van der Waals surface area contributed by atoms with E-state index in [9.17, 15) is 18.0 Å². The molecule has 134 valence electrons. The molecule has 8 heteroatoms. The molecule has 1 fully saturated rings. The zero-order valence-electron chi connectivity index (χ0n) is 14.8. The molecule has 1 heterocycles. The Morgan fingerprint density at radius 1 is 1.22 bits per heavy atom. The number of hydrogen-bond acceptors (Lipinski definition) is 5. The van der Waals surface area contributed by atoms with E-state index in [2.05, 4.69) is 5.32 Å². The van der Waals surface area contributed by atoms with Crippen LogP contribution in [0.25, 0.3) is 0 Å². The summed E-state index contributed by atoms with van der Waals surface area (Å²) in [4.78, 5) is 28.4. The third-order valence-corrected chi connectivity index (χ3v) is 6.00. The molecule has 0 spiro atoms. The molecule has 0 bridgehead atoms. The quantitative estimate of drug-likeness (QED) is 0.506. The van der Waals surface area contributed by atoms with Gasteiger partial charge in [-0.3, -0.25) is 9.59 Å². The highest BCUT2D eigenvalue weighted by molar-refractivity contribution is 7.91. The highest BCUT2D eigenvalue weighted by Crippen LogP contribution is 2.24. The molecular weight excluding hydrogens is 318 g/mol. The summed E-state index contributed by atoms with van der Waals surface area (Å²) in [6.45, 7) is 4.52. The molecule has 7 nitrogen and oxygen atoms in total. The molecule has 0 aromatic rings. The molecule has 0 saturated carbocycles. The van der Waals surface area contributed by atoms with Gasteiger partial charge in [-0.05, 0) is 47.3 Å². The van der Waals surface area contributed by atoms with Crippen LogP contribution in [0, 0.1) is 5.41 Å². The number of carbonyl (C=O) groups is 2. The average Bonchev–Trinajstić information content (AvgIpc) is 2.81. The summed E-state index contributed by atoms with van der Waals surface area (Å²) < 4.78 is 23.1. The van der Waals surface area contributed by atoms with Crippen molar-refractivity contribution in [2.75, 3.05) is 45.7 Å². The van der Waals surface area contributed by atoms with E-state index in [1.807, 2.05) is 19.0 Å². The Balaban J connectivity index is 2.59. The smallest absolute Gasteiger partial charge is 0.237 e. The summed E-state index contributed by atoms with van der Waals surface area (Å²) in [5.41, 5.74) is -1.21. The maximum atomic E-state index is 12.6. The topological polar surface area (TPSA) is 86.8 Å². The van der Waals surface area contributed by atoms with Gasteiger partial charge in [-0.2, -0.15) is 0 Å². The molecule has 0 aromatic carbocycles. The van der Waals surface area contributed by atoms with Crippen molar-refractivity contribution in [2.45, 2.75) is 32.7 Å². The van der Waals surface area contributed by atoms with Crippen molar-refractivity contribution in [1.82, 2.24) is 15.1 Å². The molecule has 0 radical (unpaired) electrons. The van der Waals surface area contributed by atoms with E-state index in [1.165, 1.54) is 4.90 Å². The van der Waals surface area contributed by atoms with Gasteiger partial charge in [-0.25, -0.2) is 8.42 Å². The second-order valence-electron chi connectivity index (χ2n) is 7.01. The molecule has 1 saturated heterocycles. The monoisotopic (exact) mass is 347 g/mol. The maximum absolute atomic E-state index is 12.6. The van der Waals surface area contributed by atoms with Gasteiger partial charge in [0.15, 0.2) is 9.84 Å².